The van der Waals surface area contributed by atoms with E-state index in [9.17, 15) is 9.90 Å². The molecule has 0 aliphatic carbocycles. The van der Waals surface area contributed by atoms with Crippen LogP contribution in [-0.2, 0) is 0 Å². The molecule has 1 N–H and O–H groups in total. The molecule has 0 unspecified atom stereocenters. The molecule has 0 aliphatic heterocycles. The van der Waals surface area contributed by atoms with Crippen molar-refractivity contribution in [3.63, 3.8) is 0 Å². The monoisotopic (exact) mass is 256 g/mol. The zero-order valence-corrected chi connectivity index (χ0v) is 11.2. The van der Waals surface area contributed by atoms with Crippen LogP contribution in [-0.4, -0.2) is 12.2 Å². The molecule has 0 amide bonds. The lowest BCUT2D eigenvalue weighted by atomic mass is 10.0. The lowest BCUT2D eigenvalue weighted by Crippen LogP contribution is -1.96. The topological polar surface area (TPSA) is 46.5 Å². The van der Waals surface area contributed by atoms with E-state index in [-0.39, 0.29) is 11.5 Å². The molecule has 3 heteroatoms. The van der Waals surface area contributed by atoms with Gasteiger partial charge in [-0.05, 0) is 42.7 Å². The van der Waals surface area contributed by atoms with E-state index in [4.69, 9.17) is 4.74 Å². The Labute approximate surface area is 112 Å². The van der Waals surface area contributed by atoms with Crippen molar-refractivity contribution in [1.29, 1.82) is 0 Å². The molecular weight excluding hydrogens is 240 g/mol. The van der Waals surface area contributed by atoms with E-state index < -0.39 is 5.43 Å². The molecule has 0 saturated heterocycles. The Morgan fingerprint density at radius 2 is 1.68 bits per heavy atom. The number of hydrogen-bond acceptors (Lipinski definition) is 3. The van der Waals surface area contributed by atoms with Gasteiger partial charge in [-0.3, -0.25) is 4.79 Å². The van der Waals surface area contributed by atoms with Crippen LogP contribution in [0.2, 0.25) is 0 Å². The average molecular weight is 256 g/mol. The normalized spacial score (nSPS) is 10.3. The molecule has 0 radical (unpaired) electrons. The van der Waals surface area contributed by atoms with E-state index >= 15 is 0 Å². The third kappa shape index (κ3) is 2.60. The van der Waals surface area contributed by atoms with Crippen molar-refractivity contribution < 1.29 is 9.84 Å². The van der Waals surface area contributed by atoms with Crippen molar-refractivity contribution >= 4 is 0 Å². The predicted molar refractivity (Wildman–Crippen MR) is 75.8 cm³/mol. The molecule has 0 atom stereocenters. The van der Waals surface area contributed by atoms with Crippen molar-refractivity contribution in [2.24, 2.45) is 0 Å². The first kappa shape index (κ1) is 13.1. The van der Waals surface area contributed by atoms with Gasteiger partial charge in [-0.1, -0.05) is 29.8 Å². The molecule has 0 bridgehead atoms. The van der Waals surface area contributed by atoms with Crippen LogP contribution in [0, 0.1) is 13.8 Å². The molecule has 3 nitrogen and oxygen atoms in total. The van der Waals surface area contributed by atoms with Crippen LogP contribution in [0.1, 0.15) is 11.1 Å². The van der Waals surface area contributed by atoms with Crippen molar-refractivity contribution in [2.45, 2.75) is 13.8 Å². The standard InChI is InChI=1S/C16H16O3/c1-10-4-6-12(7-5-10)13-9-14(17)16(18)15(19-3)8-11(13)2/h4-9H,1-3H3,(H,17,18). The van der Waals surface area contributed by atoms with Gasteiger partial charge in [-0.15, -0.1) is 0 Å². The summed E-state index contributed by atoms with van der Waals surface area (Å²) in [7, 11) is 1.43. The molecule has 0 spiro atoms. The number of rotatable bonds is 2. The fourth-order valence-corrected chi connectivity index (χ4v) is 1.98. The molecule has 98 valence electrons. The highest BCUT2D eigenvalue weighted by Crippen LogP contribution is 2.28. The highest BCUT2D eigenvalue weighted by molar-refractivity contribution is 5.68. The number of aromatic hydroxyl groups is 1. The van der Waals surface area contributed by atoms with Crippen molar-refractivity contribution in [3.8, 4) is 22.6 Å². The fourth-order valence-electron chi connectivity index (χ4n) is 1.98. The zero-order chi connectivity index (χ0) is 14.0. The number of ether oxygens (including phenoxy) is 1. The van der Waals surface area contributed by atoms with E-state index in [0.29, 0.717) is 0 Å². The quantitative estimate of drug-likeness (QED) is 0.898. The van der Waals surface area contributed by atoms with Crippen LogP contribution < -0.4 is 10.2 Å². The molecular formula is C16H16O3. The van der Waals surface area contributed by atoms with Crippen molar-refractivity contribution in [3.05, 3.63) is 57.7 Å². The van der Waals surface area contributed by atoms with Crippen LogP contribution in [0.3, 0.4) is 0 Å². The van der Waals surface area contributed by atoms with E-state index in [1.54, 1.807) is 6.07 Å². The second-order valence-electron chi connectivity index (χ2n) is 4.53. The van der Waals surface area contributed by atoms with Gasteiger partial charge < -0.3 is 9.84 Å². The summed E-state index contributed by atoms with van der Waals surface area (Å²) in [5.74, 6) is -0.162. The smallest absolute Gasteiger partial charge is 0.224 e. The minimum atomic E-state index is -0.444. The SMILES string of the molecule is COc1cc(C)c(-c2ccc(C)cc2)cc(=O)c1O. The maximum atomic E-state index is 11.9. The highest BCUT2D eigenvalue weighted by atomic mass is 16.5. The van der Waals surface area contributed by atoms with E-state index in [2.05, 4.69) is 0 Å². The van der Waals surface area contributed by atoms with Gasteiger partial charge in [0.1, 0.15) is 0 Å². The maximum absolute atomic E-state index is 11.9. The third-order valence-electron chi connectivity index (χ3n) is 3.10. The predicted octanol–water partition coefficient (Wildman–Crippen LogP) is 3.04. The maximum Gasteiger partial charge on any atom is 0.224 e. The molecule has 0 aliphatic rings. The average Bonchev–Trinajstić information content (AvgIpc) is 2.51. The van der Waals surface area contributed by atoms with Crippen molar-refractivity contribution in [1.82, 2.24) is 0 Å². The fraction of sp³-hybridized carbons (Fsp3) is 0.188. The van der Waals surface area contributed by atoms with Gasteiger partial charge in [0.15, 0.2) is 5.75 Å². The number of benzene rings is 1. The number of aryl methyl sites for hydroxylation is 2. The summed E-state index contributed by atoms with van der Waals surface area (Å²) in [5.41, 5.74) is 3.32. The minimum Gasteiger partial charge on any atom is -0.502 e. The Morgan fingerprint density at radius 3 is 2.26 bits per heavy atom. The summed E-state index contributed by atoms with van der Waals surface area (Å²) in [6.45, 7) is 3.89. The van der Waals surface area contributed by atoms with Crippen LogP contribution in [0.5, 0.6) is 11.5 Å². The summed E-state index contributed by atoms with van der Waals surface area (Å²) in [6.07, 6.45) is 0. The van der Waals surface area contributed by atoms with E-state index in [1.807, 2.05) is 38.1 Å². The Kier molecular flexibility index (Phi) is 3.56. The van der Waals surface area contributed by atoms with E-state index in [1.165, 1.54) is 13.2 Å². The van der Waals surface area contributed by atoms with Gasteiger partial charge in [0.2, 0.25) is 11.2 Å². The first-order valence-electron chi connectivity index (χ1n) is 6.02. The Bertz CT molecular complexity index is 658. The number of hydrogen-bond donors (Lipinski definition) is 1. The Balaban J connectivity index is 2.72. The van der Waals surface area contributed by atoms with E-state index in [0.717, 1.165) is 22.3 Å². The first-order chi connectivity index (χ1) is 9.02. The largest absolute Gasteiger partial charge is 0.502 e. The zero-order valence-electron chi connectivity index (χ0n) is 11.2. The highest BCUT2D eigenvalue weighted by Gasteiger charge is 2.09. The molecule has 2 aromatic rings. The third-order valence-corrected chi connectivity index (χ3v) is 3.10. The van der Waals surface area contributed by atoms with Gasteiger partial charge in [0.05, 0.1) is 7.11 Å². The lowest BCUT2D eigenvalue weighted by Gasteiger charge is -2.03. The second kappa shape index (κ2) is 5.14. The molecule has 0 heterocycles. The van der Waals surface area contributed by atoms with Crippen LogP contribution in [0.25, 0.3) is 11.1 Å². The van der Waals surface area contributed by atoms with Crippen LogP contribution in [0.4, 0.5) is 0 Å². The minimum absolute atomic E-state index is 0.195. The Hall–Kier alpha value is -2.29. The molecule has 0 aromatic heterocycles. The van der Waals surface area contributed by atoms with Crippen LogP contribution in [0.15, 0.2) is 41.2 Å². The lowest BCUT2D eigenvalue weighted by molar-refractivity contribution is 0.372. The molecule has 2 rings (SSSR count). The summed E-state index contributed by atoms with van der Waals surface area (Å²) in [5, 5.41) is 9.76. The molecule has 2 aromatic carbocycles. The summed E-state index contributed by atoms with van der Waals surface area (Å²) >= 11 is 0. The molecule has 0 saturated carbocycles. The second-order valence-corrected chi connectivity index (χ2v) is 4.53. The molecule has 19 heavy (non-hydrogen) atoms. The Morgan fingerprint density at radius 1 is 1.05 bits per heavy atom. The van der Waals surface area contributed by atoms with Gasteiger partial charge in [-0.25, -0.2) is 0 Å². The van der Waals surface area contributed by atoms with Gasteiger partial charge >= 0.3 is 0 Å². The summed E-state index contributed by atoms with van der Waals surface area (Å²) in [6, 6.07) is 11.0. The summed E-state index contributed by atoms with van der Waals surface area (Å²) in [4.78, 5) is 11.9. The van der Waals surface area contributed by atoms with Gasteiger partial charge in [0.25, 0.3) is 0 Å². The first-order valence-corrected chi connectivity index (χ1v) is 6.02. The summed E-state index contributed by atoms with van der Waals surface area (Å²) < 4.78 is 5.03. The van der Waals surface area contributed by atoms with Gasteiger partial charge in [-0.2, -0.15) is 0 Å². The van der Waals surface area contributed by atoms with Crippen LogP contribution >= 0.6 is 0 Å². The van der Waals surface area contributed by atoms with Gasteiger partial charge in [0, 0.05) is 0 Å². The van der Waals surface area contributed by atoms with Crippen molar-refractivity contribution in [2.75, 3.05) is 7.11 Å². The number of methoxy groups -OCH3 is 1. The molecule has 0 fully saturated rings.